The number of thiophene rings is 1. The summed E-state index contributed by atoms with van der Waals surface area (Å²) < 4.78 is 0.903. The first-order valence-electron chi connectivity index (χ1n) is 5.61. The molecule has 0 saturated heterocycles. The van der Waals surface area contributed by atoms with Crippen LogP contribution in [0, 0.1) is 20.8 Å². The van der Waals surface area contributed by atoms with Gasteiger partial charge in [0.05, 0.1) is 11.3 Å². The summed E-state index contributed by atoms with van der Waals surface area (Å²) in [6.45, 7) is 6.02. The number of nitrogens with one attached hydrogen (secondary N) is 1. The van der Waals surface area contributed by atoms with Gasteiger partial charge < -0.3 is 5.32 Å². The summed E-state index contributed by atoms with van der Waals surface area (Å²) in [5.74, 6) is -0.0543. The summed E-state index contributed by atoms with van der Waals surface area (Å²) >= 11 is 5.06. The van der Waals surface area contributed by atoms with Crippen LogP contribution in [0.5, 0.6) is 0 Å². The molecule has 0 aliphatic rings. The molecule has 1 N–H and O–H groups in total. The number of carbonyl (C=O) groups excluding carboxylic acids is 1. The van der Waals surface area contributed by atoms with Gasteiger partial charge in [0.1, 0.15) is 0 Å². The average molecular weight is 324 g/mol. The second-order valence-corrected chi connectivity index (χ2v) is 6.21. The molecule has 0 saturated carbocycles. The largest absolute Gasteiger partial charge is 0.321 e. The molecular formula is C14H14BrNOS. The molecule has 0 atom stereocenters. The van der Waals surface area contributed by atoms with Crippen LogP contribution < -0.4 is 5.32 Å². The number of benzene rings is 1. The smallest absolute Gasteiger partial charge is 0.256 e. The van der Waals surface area contributed by atoms with Crippen molar-refractivity contribution in [1.82, 2.24) is 0 Å². The van der Waals surface area contributed by atoms with Gasteiger partial charge in [-0.25, -0.2) is 0 Å². The number of aryl methyl sites for hydroxylation is 2. The number of hydrogen-bond acceptors (Lipinski definition) is 2. The summed E-state index contributed by atoms with van der Waals surface area (Å²) in [6, 6.07) is 5.87. The minimum absolute atomic E-state index is 0.0543. The monoisotopic (exact) mass is 323 g/mol. The Morgan fingerprint density at radius 1 is 1.28 bits per heavy atom. The van der Waals surface area contributed by atoms with Gasteiger partial charge in [0.15, 0.2) is 0 Å². The van der Waals surface area contributed by atoms with E-state index in [-0.39, 0.29) is 5.91 Å². The van der Waals surface area contributed by atoms with Gasteiger partial charge in [-0.3, -0.25) is 4.79 Å². The van der Waals surface area contributed by atoms with E-state index in [2.05, 4.69) is 21.2 Å². The SMILES string of the molecule is Cc1ccc(NC(=O)c2csc(C)c2C)c(Br)c1. The Labute approximate surface area is 119 Å². The van der Waals surface area contributed by atoms with Crippen LogP contribution in [0.3, 0.4) is 0 Å². The Bertz CT molecular complexity index is 604. The Hall–Kier alpha value is -1.13. The van der Waals surface area contributed by atoms with Gasteiger partial charge in [0, 0.05) is 14.7 Å². The summed E-state index contributed by atoms with van der Waals surface area (Å²) in [5.41, 5.74) is 3.77. The fourth-order valence-electron chi connectivity index (χ4n) is 1.65. The van der Waals surface area contributed by atoms with E-state index in [0.717, 1.165) is 26.9 Å². The number of carbonyl (C=O) groups is 1. The Balaban J connectivity index is 2.24. The minimum Gasteiger partial charge on any atom is -0.321 e. The molecule has 0 fully saturated rings. The van der Waals surface area contributed by atoms with Crippen molar-refractivity contribution < 1.29 is 4.79 Å². The first kappa shape index (κ1) is 13.3. The van der Waals surface area contributed by atoms with E-state index in [1.807, 2.05) is 44.4 Å². The second kappa shape index (κ2) is 5.24. The molecule has 1 aromatic heterocycles. The molecule has 2 aromatic rings. The second-order valence-electron chi connectivity index (χ2n) is 4.27. The van der Waals surface area contributed by atoms with Crippen molar-refractivity contribution in [2.45, 2.75) is 20.8 Å². The lowest BCUT2D eigenvalue weighted by molar-refractivity contribution is 0.102. The number of hydrogen-bond donors (Lipinski definition) is 1. The third kappa shape index (κ3) is 2.65. The van der Waals surface area contributed by atoms with E-state index in [4.69, 9.17) is 0 Å². The first-order valence-corrected chi connectivity index (χ1v) is 7.28. The first-order chi connectivity index (χ1) is 8.49. The molecule has 1 aromatic carbocycles. The van der Waals surface area contributed by atoms with Gasteiger partial charge >= 0.3 is 0 Å². The molecule has 0 spiro atoms. The zero-order valence-corrected chi connectivity index (χ0v) is 12.9. The number of rotatable bonds is 2. The van der Waals surface area contributed by atoms with Crippen molar-refractivity contribution in [2.24, 2.45) is 0 Å². The number of halogens is 1. The van der Waals surface area contributed by atoms with Crippen molar-refractivity contribution in [3.63, 3.8) is 0 Å². The lowest BCUT2D eigenvalue weighted by atomic mass is 10.1. The molecule has 0 radical (unpaired) electrons. The zero-order chi connectivity index (χ0) is 13.3. The lowest BCUT2D eigenvalue weighted by Gasteiger charge is -2.08. The Morgan fingerprint density at radius 2 is 2.00 bits per heavy atom. The molecule has 4 heteroatoms. The van der Waals surface area contributed by atoms with E-state index >= 15 is 0 Å². The van der Waals surface area contributed by atoms with Gasteiger partial charge in [0.2, 0.25) is 0 Å². The standard InChI is InChI=1S/C14H14BrNOS/c1-8-4-5-13(12(15)6-8)16-14(17)11-7-18-10(3)9(11)2/h4-7H,1-3H3,(H,16,17). The van der Waals surface area contributed by atoms with Crippen LogP contribution in [0.2, 0.25) is 0 Å². The maximum Gasteiger partial charge on any atom is 0.256 e. The van der Waals surface area contributed by atoms with Crippen LogP contribution in [-0.4, -0.2) is 5.91 Å². The van der Waals surface area contributed by atoms with Crippen LogP contribution >= 0.6 is 27.3 Å². The highest BCUT2D eigenvalue weighted by atomic mass is 79.9. The highest BCUT2D eigenvalue weighted by molar-refractivity contribution is 9.10. The third-order valence-corrected chi connectivity index (χ3v) is 4.57. The third-order valence-electron chi connectivity index (χ3n) is 2.90. The summed E-state index contributed by atoms with van der Waals surface area (Å²) in [5, 5.41) is 4.83. The Kier molecular flexibility index (Phi) is 3.88. The number of amides is 1. The maximum atomic E-state index is 12.2. The molecule has 1 heterocycles. The number of anilines is 1. The molecule has 18 heavy (non-hydrogen) atoms. The van der Waals surface area contributed by atoms with E-state index in [9.17, 15) is 4.79 Å². The van der Waals surface area contributed by atoms with E-state index in [1.54, 1.807) is 11.3 Å². The van der Waals surface area contributed by atoms with Gasteiger partial charge in [-0.1, -0.05) is 6.07 Å². The van der Waals surface area contributed by atoms with Crippen molar-refractivity contribution in [2.75, 3.05) is 5.32 Å². The molecular weight excluding hydrogens is 310 g/mol. The van der Waals surface area contributed by atoms with E-state index in [1.165, 1.54) is 4.88 Å². The van der Waals surface area contributed by atoms with Gasteiger partial charge in [-0.05, 0) is 60.0 Å². The summed E-state index contributed by atoms with van der Waals surface area (Å²) in [7, 11) is 0. The predicted octanol–water partition coefficient (Wildman–Crippen LogP) is 4.69. The van der Waals surface area contributed by atoms with Crippen LogP contribution in [0.25, 0.3) is 0 Å². The molecule has 1 amide bonds. The molecule has 0 unspecified atom stereocenters. The molecule has 94 valence electrons. The molecule has 2 nitrogen and oxygen atoms in total. The quantitative estimate of drug-likeness (QED) is 0.853. The fourth-order valence-corrected chi connectivity index (χ4v) is 3.11. The topological polar surface area (TPSA) is 29.1 Å². The van der Waals surface area contributed by atoms with Gasteiger partial charge in [0.25, 0.3) is 5.91 Å². The molecule has 0 bridgehead atoms. The van der Waals surface area contributed by atoms with Gasteiger partial charge in [-0.2, -0.15) is 0 Å². The van der Waals surface area contributed by atoms with Crippen LogP contribution in [-0.2, 0) is 0 Å². The fraction of sp³-hybridized carbons (Fsp3) is 0.214. The lowest BCUT2D eigenvalue weighted by Crippen LogP contribution is -2.12. The Morgan fingerprint density at radius 3 is 2.56 bits per heavy atom. The van der Waals surface area contributed by atoms with Crippen molar-refractivity contribution in [3.8, 4) is 0 Å². The van der Waals surface area contributed by atoms with Crippen LogP contribution in [0.4, 0.5) is 5.69 Å². The maximum absolute atomic E-state index is 12.2. The highest BCUT2D eigenvalue weighted by Gasteiger charge is 2.13. The van der Waals surface area contributed by atoms with Gasteiger partial charge in [-0.15, -0.1) is 11.3 Å². The molecule has 0 aliphatic carbocycles. The van der Waals surface area contributed by atoms with Crippen LogP contribution in [0.1, 0.15) is 26.4 Å². The minimum atomic E-state index is -0.0543. The highest BCUT2D eigenvalue weighted by Crippen LogP contribution is 2.26. The van der Waals surface area contributed by atoms with E-state index < -0.39 is 0 Å². The van der Waals surface area contributed by atoms with Crippen molar-refractivity contribution >= 4 is 38.9 Å². The normalized spacial score (nSPS) is 10.4. The average Bonchev–Trinajstić information content (AvgIpc) is 2.64. The summed E-state index contributed by atoms with van der Waals surface area (Å²) in [4.78, 5) is 13.3. The van der Waals surface area contributed by atoms with E-state index in [0.29, 0.717) is 0 Å². The van der Waals surface area contributed by atoms with Crippen molar-refractivity contribution in [1.29, 1.82) is 0 Å². The predicted molar refractivity (Wildman–Crippen MR) is 80.6 cm³/mol. The summed E-state index contributed by atoms with van der Waals surface area (Å²) in [6.07, 6.45) is 0. The zero-order valence-electron chi connectivity index (χ0n) is 10.5. The van der Waals surface area contributed by atoms with Crippen molar-refractivity contribution in [3.05, 3.63) is 49.6 Å². The molecule has 0 aliphatic heterocycles. The molecule has 2 rings (SSSR count). The van der Waals surface area contributed by atoms with Crippen LogP contribution in [0.15, 0.2) is 28.1 Å².